The molecule has 1 aliphatic heterocycles. The van der Waals surface area contributed by atoms with Crippen LogP contribution in [0.3, 0.4) is 0 Å². The van der Waals surface area contributed by atoms with Crippen molar-refractivity contribution in [2.45, 2.75) is 24.8 Å². The van der Waals surface area contributed by atoms with Gasteiger partial charge in [0.25, 0.3) is 0 Å². The van der Waals surface area contributed by atoms with Gasteiger partial charge in [0.1, 0.15) is 6.61 Å². The molecule has 0 saturated carbocycles. The Kier molecular flexibility index (Phi) is 5.39. The smallest absolute Gasteiger partial charge is 0.410 e. The van der Waals surface area contributed by atoms with E-state index in [-0.39, 0.29) is 24.7 Å². The van der Waals surface area contributed by atoms with Crippen LogP contribution in [0.25, 0.3) is 11.1 Å². The molecule has 0 spiro atoms. The minimum Gasteiger partial charge on any atom is -0.481 e. The molecular weight excluding hydrogens is 402 g/mol. The summed E-state index contributed by atoms with van der Waals surface area (Å²) in [7, 11) is 0. The Balaban J connectivity index is 1.36. The summed E-state index contributed by atoms with van der Waals surface area (Å²) < 4.78 is 5.87. The van der Waals surface area contributed by atoms with Crippen LogP contribution >= 0.6 is 0 Å². The first-order valence-corrected chi connectivity index (χ1v) is 11.0. The number of carboxylic acids is 1. The summed E-state index contributed by atoms with van der Waals surface area (Å²) in [6.45, 7) is 0.625. The molecule has 0 aromatic heterocycles. The van der Waals surface area contributed by atoms with E-state index < -0.39 is 11.9 Å². The summed E-state index contributed by atoms with van der Waals surface area (Å²) in [6.07, 6.45) is 0.441. The molecule has 1 N–H and O–H groups in total. The molecule has 0 unspecified atom stereocenters. The van der Waals surface area contributed by atoms with Crippen LogP contribution in [0.15, 0.2) is 78.9 Å². The van der Waals surface area contributed by atoms with Crippen molar-refractivity contribution in [3.63, 3.8) is 0 Å². The number of carbonyl (C=O) groups excluding carboxylic acids is 1. The molecular formula is C27H25NO4. The number of benzene rings is 3. The number of hydrogen-bond donors (Lipinski definition) is 1. The number of nitrogens with zero attached hydrogens (tertiary/aromatic N) is 1. The number of likely N-dealkylation sites (tertiary alicyclic amines) is 1. The third-order valence-electron chi connectivity index (χ3n) is 6.71. The Morgan fingerprint density at radius 2 is 1.47 bits per heavy atom. The van der Waals surface area contributed by atoms with Gasteiger partial charge in [0.05, 0.1) is 12.0 Å². The standard InChI is InChI=1S/C27H25NO4/c29-26(30)19-14-15-28(25(16-19)18-8-2-1-3-9-18)27(31)32-17-24-22-12-6-4-10-20(22)21-11-5-7-13-23(21)24/h1-13,19,24-25H,14-17H2,(H,29,30)/t19-,25+/m1/s1. The van der Waals surface area contributed by atoms with E-state index in [4.69, 9.17) is 4.74 Å². The van der Waals surface area contributed by atoms with Gasteiger partial charge in [0.2, 0.25) is 0 Å². The van der Waals surface area contributed by atoms with E-state index in [1.807, 2.05) is 54.6 Å². The quantitative estimate of drug-likeness (QED) is 0.599. The highest BCUT2D eigenvalue weighted by Gasteiger charge is 2.37. The fraction of sp³-hybridized carbons (Fsp3) is 0.259. The molecule has 0 radical (unpaired) electrons. The average molecular weight is 428 g/mol. The minimum atomic E-state index is -0.807. The zero-order valence-electron chi connectivity index (χ0n) is 17.7. The van der Waals surface area contributed by atoms with Crippen molar-refractivity contribution in [3.05, 3.63) is 95.6 Å². The van der Waals surface area contributed by atoms with Crippen molar-refractivity contribution >= 4 is 12.1 Å². The topological polar surface area (TPSA) is 66.8 Å². The first-order valence-electron chi connectivity index (χ1n) is 11.0. The average Bonchev–Trinajstić information content (AvgIpc) is 3.16. The van der Waals surface area contributed by atoms with Crippen molar-refractivity contribution in [3.8, 4) is 11.1 Å². The molecule has 3 aromatic rings. The number of aliphatic carboxylic acids is 1. The third kappa shape index (κ3) is 3.64. The van der Waals surface area contributed by atoms with Gasteiger partial charge in [0.15, 0.2) is 0 Å². The van der Waals surface area contributed by atoms with Crippen molar-refractivity contribution in [1.29, 1.82) is 0 Å². The van der Waals surface area contributed by atoms with Gasteiger partial charge in [0, 0.05) is 12.5 Å². The van der Waals surface area contributed by atoms with E-state index >= 15 is 0 Å². The number of fused-ring (bicyclic) bond motifs is 3. The highest BCUT2D eigenvalue weighted by Crippen LogP contribution is 2.44. The Morgan fingerprint density at radius 3 is 2.09 bits per heavy atom. The summed E-state index contributed by atoms with van der Waals surface area (Å²) in [5, 5.41) is 9.53. The lowest BCUT2D eigenvalue weighted by Crippen LogP contribution is -2.43. The second-order valence-corrected chi connectivity index (χ2v) is 8.48. The summed E-state index contributed by atoms with van der Waals surface area (Å²) in [5.74, 6) is -1.27. The van der Waals surface area contributed by atoms with Crippen LogP contribution in [0.4, 0.5) is 4.79 Å². The third-order valence-corrected chi connectivity index (χ3v) is 6.71. The number of rotatable bonds is 4. The second-order valence-electron chi connectivity index (χ2n) is 8.48. The summed E-state index contributed by atoms with van der Waals surface area (Å²) in [4.78, 5) is 26.5. The van der Waals surface area contributed by atoms with Crippen LogP contribution in [-0.4, -0.2) is 35.2 Å². The lowest BCUT2D eigenvalue weighted by Gasteiger charge is -2.38. The monoisotopic (exact) mass is 427 g/mol. The van der Waals surface area contributed by atoms with Crippen molar-refractivity contribution in [2.75, 3.05) is 13.2 Å². The Morgan fingerprint density at radius 1 is 0.875 bits per heavy atom. The van der Waals surface area contributed by atoms with Crippen molar-refractivity contribution < 1.29 is 19.4 Å². The van der Waals surface area contributed by atoms with Gasteiger partial charge in [-0.3, -0.25) is 4.79 Å². The van der Waals surface area contributed by atoms with Crippen molar-refractivity contribution in [1.82, 2.24) is 4.90 Å². The predicted molar refractivity (Wildman–Crippen MR) is 121 cm³/mol. The molecule has 32 heavy (non-hydrogen) atoms. The fourth-order valence-electron chi connectivity index (χ4n) is 5.08. The fourth-order valence-corrected chi connectivity index (χ4v) is 5.08. The Hall–Kier alpha value is -3.60. The number of piperidine rings is 1. The number of ether oxygens (including phenoxy) is 1. The highest BCUT2D eigenvalue weighted by atomic mass is 16.6. The summed E-state index contributed by atoms with van der Waals surface area (Å²) in [6, 6.07) is 25.8. The molecule has 3 aromatic carbocycles. The van der Waals surface area contributed by atoms with E-state index in [0.29, 0.717) is 19.4 Å². The SMILES string of the molecule is O=C(O)[C@@H]1CCN(C(=O)OCC2c3ccccc3-c3ccccc32)[C@H](c2ccccc2)C1. The van der Waals surface area contributed by atoms with Crippen LogP contribution in [0.5, 0.6) is 0 Å². The molecule has 162 valence electrons. The molecule has 5 heteroatoms. The first-order chi connectivity index (χ1) is 15.6. The van der Waals surface area contributed by atoms with Gasteiger partial charge in [-0.1, -0.05) is 78.9 Å². The number of carbonyl (C=O) groups is 2. The zero-order chi connectivity index (χ0) is 22.1. The molecule has 5 nitrogen and oxygen atoms in total. The van der Waals surface area contributed by atoms with Gasteiger partial charge in [-0.05, 0) is 40.7 Å². The number of hydrogen-bond acceptors (Lipinski definition) is 3. The van der Waals surface area contributed by atoms with Crippen LogP contribution in [0.2, 0.25) is 0 Å². The molecule has 1 heterocycles. The first kappa shape index (κ1) is 20.3. The Bertz CT molecular complexity index is 1100. The van der Waals surface area contributed by atoms with E-state index in [2.05, 4.69) is 24.3 Å². The number of carboxylic acid groups (broad SMARTS) is 1. The molecule has 5 rings (SSSR count). The maximum Gasteiger partial charge on any atom is 0.410 e. The maximum atomic E-state index is 13.2. The van der Waals surface area contributed by atoms with Gasteiger partial charge in [-0.25, -0.2) is 4.79 Å². The lowest BCUT2D eigenvalue weighted by atomic mass is 9.87. The molecule has 1 aliphatic carbocycles. The van der Waals surface area contributed by atoms with Gasteiger partial charge in [-0.15, -0.1) is 0 Å². The van der Waals surface area contributed by atoms with E-state index in [0.717, 1.165) is 5.56 Å². The zero-order valence-corrected chi connectivity index (χ0v) is 17.7. The van der Waals surface area contributed by atoms with Gasteiger partial charge >= 0.3 is 12.1 Å². The van der Waals surface area contributed by atoms with Gasteiger partial charge < -0.3 is 14.7 Å². The Labute approximate surface area is 187 Å². The maximum absolute atomic E-state index is 13.2. The highest BCUT2D eigenvalue weighted by molar-refractivity contribution is 5.79. The van der Waals surface area contributed by atoms with Crippen LogP contribution in [0, 0.1) is 5.92 Å². The van der Waals surface area contributed by atoms with Crippen LogP contribution < -0.4 is 0 Å². The van der Waals surface area contributed by atoms with Crippen molar-refractivity contribution in [2.24, 2.45) is 5.92 Å². The molecule has 1 fully saturated rings. The largest absolute Gasteiger partial charge is 0.481 e. The molecule has 1 saturated heterocycles. The molecule has 2 atom stereocenters. The van der Waals surface area contributed by atoms with E-state index in [1.54, 1.807) is 4.90 Å². The minimum absolute atomic E-state index is 0.00177. The molecule has 2 aliphatic rings. The van der Waals surface area contributed by atoms with E-state index in [1.165, 1.54) is 22.3 Å². The lowest BCUT2D eigenvalue weighted by molar-refractivity contribution is -0.144. The summed E-state index contributed by atoms with van der Waals surface area (Å²) >= 11 is 0. The van der Waals surface area contributed by atoms with Crippen LogP contribution in [-0.2, 0) is 9.53 Å². The normalized spacial score (nSPS) is 19.8. The number of amides is 1. The predicted octanol–water partition coefficient (Wildman–Crippen LogP) is 5.47. The second kappa shape index (κ2) is 8.50. The van der Waals surface area contributed by atoms with Crippen LogP contribution in [0.1, 0.15) is 41.5 Å². The molecule has 1 amide bonds. The molecule has 0 bridgehead atoms. The van der Waals surface area contributed by atoms with E-state index in [9.17, 15) is 14.7 Å². The van der Waals surface area contributed by atoms with Gasteiger partial charge in [-0.2, -0.15) is 0 Å². The summed E-state index contributed by atoms with van der Waals surface area (Å²) in [5.41, 5.74) is 5.66.